The van der Waals surface area contributed by atoms with Gasteiger partial charge in [0.2, 0.25) is 5.91 Å². The van der Waals surface area contributed by atoms with Crippen LogP contribution in [0.4, 0.5) is 0 Å². The van der Waals surface area contributed by atoms with Crippen LogP contribution in [0, 0.1) is 0 Å². The molecule has 0 radical (unpaired) electrons. The largest absolute Gasteiger partial charge is 0.482 e. The standard InChI is InChI=1S/C13H16N2O5/c1-14-11(16)7-15(2)13(19)9-3-5-10(6-4-9)20-8-12(17)18/h3-6H,7-8H2,1-2H3,(H,14,16)(H,17,18). The van der Waals surface area contributed by atoms with Crippen molar-refractivity contribution in [3.63, 3.8) is 0 Å². The summed E-state index contributed by atoms with van der Waals surface area (Å²) < 4.78 is 4.96. The lowest BCUT2D eigenvalue weighted by atomic mass is 10.2. The molecule has 0 spiro atoms. The summed E-state index contributed by atoms with van der Waals surface area (Å²) >= 11 is 0. The molecular formula is C13H16N2O5. The summed E-state index contributed by atoms with van der Waals surface area (Å²) in [7, 11) is 3.02. The molecule has 0 aliphatic carbocycles. The molecule has 1 aromatic carbocycles. The van der Waals surface area contributed by atoms with Crippen LogP contribution in [0.2, 0.25) is 0 Å². The van der Waals surface area contributed by atoms with Crippen molar-refractivity contribution >= 4 is 17.8 Å². The molecule has 7 nitrogen and oxygen atoms in total. The van der Waals surface area contributed by atoms with Crippen molar-refractivity contribution in [1.82, 2.24) is 10.2 Å². The predicted molar refractivity (Wildman–Crippen MR) is 70.6 cm³/mol. The van der Waals surface area contributed by atoms with Gasteiger partial charge in [0.1, 0.15) is 5.75 Å². The average Bonchev–Trinajstić information content (AvgIpc) is 2.44. The molecule has 0 aliphatic heterocycles. The monoisotopic (exact) mass is 280 g/mol. The topological polar surface area (TPSA) is 95.9 Å². The molecular weight excluding hydrogens is 264 g/mol. The van der Waals surface area contributed by atoms with E-state index in [2.05, 4.69) is 5.32 Å². The lowest BCUT2D eigenvalue weighted by Gasteiger charge is -2.16. The van der Waals surface area contributed by atoms with E-state index in [1.807, 2.05) is 0 Å². The van der Waals surface area contributed by atoms with E-state index >= 15 is 0 Å². The van der Waals surface area contributed by atoms with Crippen LogP contribution in [-0.2, 0) is 9.59 Å². The summed E-state index contributed by atoms with van der Waals surface area (Å²) in [5, 5.41) is 10.9. The number of aliphatic carboxylic acids is 1. The van der Waals surface area contributed by atoms with Gasteiger partial charge in [0.05, 0.1) is 6.54 Å². The normalized spacial score (nSPS) is 9.70. The molecule has 0 bridgehead atoms. The van der Waals surface area contributed by atoms with Gasteiger partial charge in [-0.2, -0.15) is 0 Å². The van der Waals surface area contributed by atoms with Crippen LogP contribution in [-0.4, -0.2) is 55.0 Å². The number of carbonyl (C=O) groups excluding carboxylic acids is 2. The average molecular weight is 280 g/mol. The molecule has 20 heavy (non-hydrogen) atoms. The van der Waals surface area contributed by atoms with Crippen LogP contribution in [0.15, 0.2) is 24.3 Å². The van der Waals surface area contributed by atoms with Gasteiger partial charge in [-0.3, -0.25) is 9.59 Å². The Kier molecular flexibility index (Phi) is 5.52. The van der Waals surface area contributed by atoms with E-state index in [4.69, 9.17) is 9.84 Å². The van der Waals surface area contributed by atoms with E-state index < -0.39 is 12.6 Å². The van der Waals surface area contributed by atoms with E-state index in [-0.39, 0.29) is 18.4 Å². The second-order valence-corrected chi connectivity index (χ2v) is 4.04. The highest BCUT2D eigenvalue weighted by molar-refractivity contribution is 5.96. The Morgan fingerprint density at radius 1 is 1.25 bits per heavy atom. The zero-order valence-corrected chi connectivity index (χ0v) is 11.3. The number of hydrogen-bond donors (Lipinski definition) is 2. The summed E-state index contributed by atoms with van der Waals surface area (Å²) in [5.41, 5.74) is 0.388. The van der Waals surface area contributed by atoms with E-state index in [1.165, 1.54) is 43.3 Å². The first-order valence-corrected chi connectivity index (χ1v) is 5.84. The number of hydrogen-bond acceptors (Lipinski definition) is 4. The molecule has 7 heteroatoms. The molecule has 0 heterocycles. The van der Waals surface area contributed by atoms with Crippen molar-refractivity contribution < 1.29 is 24.2 Å². The van der Waals surface area contributed by atoms with Crippen molar-refractivity contribution in [2.75, 3.05) is 27.2 Å². The lowest BCUT2D eigenvalue weighted by Crippen LogP contribution is -2.36. The van der Waals surface area contributed by atoms with E-state index in [9.17, 15) is 14.4 Å². The molecule has 2 N–H and O–H groups in total. The number of nitrogens with zero attached hydrogens (tertiary/aromatic N) is 1. The highest BCUT2D eigenvalue weighted by Gasteiger charge is 2.14. The van der Waals surface area contributed by atoms with Gasteiger partial charge in [0, 0.05) is 19.7 Å². The molecule has 0 saturated carbocycles. The molecule has 108 valence electrons. The maximum absolute atomic E-state index is 12.0. The third-order valence-electron chi connectivity index (χ3n) is 2.47. The number of carboxylic acid groups (broad SMARTS) is 1. The van der Waals surface area contributed by atoms with E-state index in [1.54, 1.807) is 0 Å². The van der Waals surface area contributed by atoms with Gasteiger partial charge >= 0.3 is 5.97 Å². The maximum Gasteiger partial charge on any atom is 0.341 e. The molecule has 0 aliphatic rings. The zero-order valence-electron chi connectivity index (χ0n) is 11.3. The third-order valence-corrected chi connectivity index (χ3v) is 2.47. The highest BCUT2D eigenvalue weighted by Crippen LogP contribution is 2.13. The number of amides is 2. The number of carbonyl (C=O) groups is 3. The molecule has 0 saturated heterocycles. The minimum atomic E-state index is -1.07. The zero-order chi connectivity index (χ0) is 15.1. The first kappa shape index (κ1) is 15.5. The van der Waals surface area contributed by atoms with E-state index in [0.717, 1.165) is 0 Å². The predicted octanol–water partition coefficient (Wildman–Crippen LogP) is -0.0320. The molecule has 0 unspecified atom stereocenters. The first-order chi connectivity index (χ1) is 9.43. The number of rotatable bonds is 6. The Balaban J connectivity index is 2.65. The Morgan fingerprint density at radius 3 is 2.35 bits per heavy atom. The lowest BCUT2D eigenvalue weighted by molar-refractivity contribution is -0.139. The van der Waals surface area contributed by atoms with Gasteiger partial charge in [-0.1, -0.05) is 0 Å². The minimum absolute atomic E-state index is 0.0351. The molecule has 0 aromatic heterocycles. The van der Waals surface area contributed by atoms with Crippen LogP contribution in [0.1, 0.15) is 10.4 Å². The van der Waals surface area contributed by atoms with Crippen LogP contribution < -0.4 is 10.1 Å². The number of likely N-dealkylation sites (N-methyl/N-ethyl adjacent to an activating group) is 2. The van der Waals surface area contributed by atoms with Crippen molar-refractivity contribution in [1.29, 1.82) is 0 Å². The fourth-order valence-corrected chi connectivity index (χ4v) is 1.43. The van der Waals surface area contributed by atoms with Crippen molar-refractivity contribution in [2.24, 2.45) is 0 Å². The number of carboxylic acids is 1. The smallest absolute Gasteiger partial charge is 0.341 e. The Morgan fingerprint density at radius 2 is 1.85 bits per heavy atom. The van der Waals surface area contributed by atoms with Crippen molar-refractivity contribution in [3.8, 4) is 5.75 Å². The number of ether oxygens (including phenoxy) is 1. The van der Waals surface area contributed by atoms with Gasteiger partial charge in [0.25, 0.3) is 5.91 Å². The van der Waals surface area contributed by atoms with Gasteiger partial charge in [0.15, 0.2) is 6.61 Å². The summed E-state index contributed by atoms with van der Waals surface area (Å²) in [6.07, 6.45) is 0. The fraction of sp³-hybridized carbons (Fsp3) is 0.308. The maximum atomic E-state index is 12.0. The van der Waals surface area contributed by atoms with Crippen LogP contribution in [0.5, 0.6) is 5.75 Å². The summed E-state index contributed by atoms with van der Waals surface area (Å²) in [5.74, 6) is -1.28. The van der Waals surface area contributed by atoms with Crippen LogP contribution in [0.3, 0.4) is 0 Å². The van der Waals surface area contributed by atoms with Crippen LogP contribution >= 0.6 is 0 Å². The van der Waals surface area contributed by atoms with Crippen LogP contribution in [0.25, 0.3) is 0 Å². The van der Waals surface area contributed by atoms with Gasteiger partial charge < -0.3 is 20.1 Å². The molecule has 2 amide bonds. The third kappa shape index (κ3) is 4.60. The summed E-state index contributed by atoms with van der Waals surface area (Å²) in [6, 6.07) is 6.04. The number of nitrogens with one attached hydrogen (secondary N) is 1. The molecule has 1 rings (SSSR count). The van der Waals surface area contributed by atoms with Gasteiger partial charge in [-0.25, -0.2) is 4.79 Å². The summed E-state index contributed by atoms with van der Waals surface area (Å²) in [6.45, 7) is -0.476. The van der Waals surface area contributed by atoms with Gasteiger partial charge in [-0.05, 0) is 24.3 Å². The van der Waals surface area contributed by atoms with E-state index in [0.29, 0.717) is 11.3 Å². The minimum Gasteiger partial charge on any atom is -0.482 e. The van der Waals surface area contributed by atoms with Crippen molar-refractivity contribution in [2.45, 2.75) is 0 Å². The fourth-order valence-electron chi connectivity index (χ4n) is 1.43. The molecule has 0 atom stereocenters. The second kappa shape index (κ2) is 7.13. The molecule has 0 fully saturated rings. The molecule has 1 aromatic rings. The first-order valence-electron chi connectivity index (χ1n) is 5.84. The SMILES string of the molecule is CNC(=O)CN(C)C(=O)c1ccc(OCC(=O)O)cc1. The summed E-state index contributed by atoms with van der Waals surface area (Å²) in [4.78, 5) is 34.8. The Hall–Kier alpha value is -2.57. The second-order valence-electron chi connectivity index (χ2n) is 4.04. The number of benzene rings is 1. The van der Waals surface area contributed by atoms with Gasteiger partial charge in [-0.15, -0.1) is 0 Å². The quantitative estimate of drug-likeness (QED) is 0.762. The van der Waals surface area contributed by atoms with Crippen molar-refractivity contribution in [3.05, 3.63) is 29.8 Å². The Labute approximate surface area is 116 Å². The Bertz CT molecular complexity index is 498. The highest BCUT2D eigenvalue weighted by atomic mass is 16.5.